The van der Waals surface area contributed by atoms with Gasteiger partial charge in [-0.3, -0.25) is 0 Å². The van der Waals surface area contributed by atoms with E-state index in [-0.39, 0.29) is 0 Å². The molecule has 0 N–H and O–H groups in total. The van der Waals surface area contributed by atoms with E-state index in [0.29, 0.717) is 9.79 Å². The average molecular weight is 508 g/mol. The quantitative estimate of drug-likeness (QED) is 0.255. The molecule has 2 aliphatic rings. The van der Waals surface area contributed by atoms with E-state index >= 15 is 0 Å². The van der Waals surface area contributed by atoms with Gasteiger partial charge in [-0.25, -0.2) is 8.42 Å². The minimum Gasteiger partial charge on any atom is -0.456 e. The molecule has 0 bridgehead atoms. The molecule has 1 fully saturated rings. The van der Waals surface area contributed by atoms with Crippen molar-refractivity contribution >= 4 is 44.4 Å². The lowest BCUT2D eigenvalue weighted by atomic mass is 9.76. The lowest BCUT2D eigenvalue weighted by Crippen LogP contribution is -2.41. The van der Waals surface area contributed by atoms with E-state index in [1.165, 1.54) is 0 Å². The molecule has 184 valence electrons. The molecule has 4 aromatic carbocycles. The Morgan fingerprint density at radius 2 is 1.38 bits per heavy atom. The highest BCUT2D eigenvalue weighted by Crippen LogP contribution is 2.48. The maximum atomic E-state index is 13.3. The normalized spacial score (nSPS) is 18.9. The number of fused-ring (bicyclic) bond motifs is 6. The van der Waals surface area contributed by atoms with Crippen molar-refractivity contribution in [3.8, 4) is 22.3 Å². The molecule has 0 amide bonds. The van der Waals surface area contributed by atoms with Gasteiger partial charge in [0.25, 0.3) is 0 Å². The molecule has 37 heavy (non-hydrogen) atoms. The van der Waals surface area contributed by atoms with E-state index in [4.69, 9.17) is 13.7 Å². The van der Waals surface area contributed by atoms with Crippen molar-refractivity contribution in [2.75, 3.05) is 0 Å². The monoisotopic (exact) mass is 508 g/mol. The molecule has 0 atom stereocenters. The second-order valence-corrected chi connectivity index (χ2v) is 12.7. The maximum absolute atomic E-state index is 13.3. The molecule has 3 heterocycles. The zero-order valence-corrected chi connectivity index (χ0v) is 21.8. The lowest BCUT2D eigenvalue weighted by molar-refractivity contribution is 0.00578. The van der Waals surface area contributed by atoms with Gasteiger partial charge in [-0.05, 0) is 74.6 Å². The third-order valence-electron chi connectivity index (χ3n) is 8.11. The predicted molar refractivity (Wildman–Crippen MR) is 146 cm³/mol. The fourth-order valence-corrected chi connectivity index (χ4v) is 7.19. The number of benzene rings is 4. The second kappa shape index (κ2) is 7.35. The van der Waals surface area contributed by atoms with E-state index in [2.05, 4.69) is 6.07 Å². The summed E-state index contributed by atoms with van der Waals surface area (Å²) in [6.07, 6.45) is 0. The van der Waals surface area contributed by atoms with E-state index in [9.17, 15) is 8.42 Å². The van der Waals surface area contributed by atoms with Crippen LogP contribution in [-0.2, 0) is 19.1 Å². The van der Waals surface area contributed by atoms with Gasteiger partial charge in [-0.1, -0.05) is 48.5 Å². The Hall–Kier alpha value is -3.39. The Morgan fingerprint density at radius 3 is 2.16 bits per heavy atom. The van der Waals surface area contributed by atoms with E-state index in [0.717, 1.165) is 49.7 Å². The Balaban J connectivity index is 1.45. The molecule has 1 saturated heterocycles. The molecule has 2 aliphatic heterocycles. The molecular weight excluding hydrogens is 483 g/mol. The summed E-state index contributed by atoms with van der Waals surface area (Å²) in [4.78, 5) is 0.705. The highest BCUT2D eigenvalue weighted by Gasteiger charge is 2.52. The van der Waals surface area contributed by atoms with Gasteiger partial charge in [0.1, 0.15) is 11.2 Å². The largest absolute Gasteiger partial charge is 0.495 e. The zero-order valence-electron chi connectivity index (χ0n) is 21.0. The van der Waals surface area contributed by atoms with Crippen LogP contribution < -0.4 is 5.46 Å². The van der Waals surface area contributed by atoms with Crippen LogP contribution in [-0.4, -0.2) is 26.7 Å². The van der Waals surface area contributed by atoms with Gasteiger partial charge >= 0.3 is 7.12 Å². The van der Waals surface area contributed by atoms with Crippen LogP contribution in [0.4, 0.5) is 0 Å². The molecule has 0 spiro atoms. The van der Waals surface area contributed by atoms with Crippen molar-refractivity contribution in [1.29, 1.82) is 0 Å². The van der Waals surface area contributed by atoms with Crippen LogP contribution in [0.5, 0.6) is 0 Å². The number of furan rings is 1. The van der Waals surface area contributed by atoms with Crippen molar-refractivity contribution in [3.05, 3.63) is 78.9 Å². The topological polar surface area (TPSA) is 65.7 Å². The molecular formula is C30H25BO5S. The molecule has 7 rings (SSSR count). The third kappa shape index (κ3) is 3.08. The summed E-state index contributed by atoms with van der Waals surface area (Å²) in [7, 11) is -4.08. The summed E-state index contributed by atoms with van der Waals surface area (Å²) in [5, 5.41) is 1.88. The summed E-state index contributed by atoms with van der Waals surface area (Å²) < 4.78 is 45.5. The number of hydrogen-bond donors (Lipinski definition) is 0. The standard InChI is InChI=1S/C30H25BO5S/c1-29(2)30(3,4)36-31(35-29)22-11-8-12-24-28(22)21-17-18(15-16-23(21)34-24)19-10-7-14-26-27(19)20-9-5-6-13-25(20)37(26,32)33/h5-17H,1-4H3. The first kappa shape index (κ1) is 22.8. The first-order valence-electron chi connectivity index (χ1n) is 12.4. The van der Waals surface area contributed by atoms with E-state index in [1.54, 1.807) is 18.2 Å². The van der Waals surface area contributed by atoms with Crippen molar-refractivity contribution in [3.63, 3.8) is 0 Å². The number of rotatable bonds is 2. The molecule has 7 heteroatoms. The van der Waals surface area contributed by atoms with Gasteiger partial charge in [0.05, 0.1) is 21.0 Å². The molecule has 0 aliphatic carbocycles. The van der Waals surface area contributed by atoms with Crippen molar-refractivity contribution < 1.29 is 22.1 Å². The van der Waals surface area contributed by atoms with Crippen LogP contribution in [0.1, 0.15) is 27.7 Å². The molecule has 0 saturated carbocycles. The van der Waals surface area contributed by atoms with Gasteiger partial charge in [-0.2, -0.15) is 0 Å². The molecule has 5 aromatic rings. The summed E-state index contributed by atoms with van der Waals surface area (Å²) in [5.74, 6) is 0. The van der Waals surface area contributed by atoms with E-state index < -0.39 is 28.2 Å². The Labute approximate surface area is 216 Å². The average Bonchev–Trinajstić information content (AvgIpc) is 3.43. The Kier molecular flexibility index (Phi) is 4.52. The first-order chi connectivity index (χ1) is 17.6. The van der Waals surface area contributed by atoms with Gasteiger partial charge in [0, 0.05) is 21.9 Å². The Morgan fingerprint density at radius 1 is 0.703 bits per heavy atom. The second-order valence-electron chi connectivity index (χ2n) is 10.8. The molecule has 0 unspecified atom stereocenters. The fourth-order valence-electron chi connectivity index (χ4n) is 5.49. The fraction of sp³-hybridized carbons (Fsp3) is 0.200. The summed E-state index contributed by atoms with van der Waals surface area (Å²) in [5.41, 5.74) is 4.77. The van der Waals surface area contributed by atoms with Gasteiger partial charge in [0.2, 0.25) is 9.84 Å². The van der Waals surface area contributed by atoms with Crippen LogP contribution in [0.25, 0.3) is 44.2 Å². The lowest BCUT2D eigenvalue weighted by Gasteiger charge is -2.32. The highest BCUT2D eigenvalue weighted by molar-refractivity contribution is 7.92. The van der Waals surface area contributed by atoms with E-state index in [1.807, 2.05) is 82.3 Å². The van der Waals surface area contributed by atoms with Crippen LogP contribution in [0.3, 0.4) is 0 Å². The van der Waals surface area contributed by atoms with Gasteiger partial charge in [-0.15, -0.1) is 0 Å². The molecule has 0 radical (unpaired) electrons. The first-order valence-corrected chi connectivity index (χ1v) is 13.9. The van der Waals surface area contributed by atoms with Crippen molar-refractivity contribution in [2.24, 2.45) is 0 Å². The summed E-state index contributed by atoms with van der Waals surface area (Å²) in [6, 6.07) is 24.6. The van der Waals surface area contributed by atoms with Crippen molar-refractivity contribution in [1.82, 2.24) is 0 Å². The predicted octanol–water partition coefficient (Wildman–Crippen LogP) is 6.37. The van der Waals surface area contributed by atoms with Gasteiger partial charge < -0.3 is 13.7 Å². The van der Waals surface area contributed by atoms with Gasteiger partial charge in [0.15, 0.2) is 0 Å². The smallest absolute Gasteiger partial charge is 0.456 e. The number of hydrogen-bond acceptors (Lipinski definition) is 5. The summed E-state index contributed by atoms with van der Waals surface area (Å²) in [6.45, 7) is 8.17. The zero-order chi connectivity index (χ0) is 25.7. The SMILES string of the molecule is CC1(C)OB(c2cccc3oc4ccc(-c5cccc6c5-c5ccccc5S6(=O)=O)cc4c23)OC1(C)C. The van der Waals surface area contributed by atoms with Crippen molar-refractivity contribution in [2.45, 2.75) is 48.7 Å². The molecule has 5 nitrogen and oxygen atoms in total. The minimum absolute atomic E-state index is 0.348. The summed E-state index contributed by atoms with van der Waals surface area (Å²) >= 11 is 0. The van der Waals surface area contributed by atoms with Crippen LogP contribution in [0.15, 0.2) is 93.1 Å². The third-order valence-corrected chi connectivity index (χ3v) is 9.96. The maximum Gasteiger partial charge on any atom is 0.495 e. The van der Waals surface area contributed by atoms with Crippen LogP contribution >= 0.6 is 0 Å². The highest BCUT2D eigenvalue weighted by atomic mass is 32.2. The van der Waals surface area contributed by atoms with Crippen LogP contribution in [0.2, 0.25) is 0 Å². The molecule has 1 aromatic heterocycles. The Bertz CT molecular complexity index is 1850. The minimum atomic E-state index is -3.55. The van der Waals surface area contributed by atoms with Crippen LogP contribution in [0, 0.1) is 0 Å². The number of sulfone groups is 1.